The van der Waals surface area contributed by atoms with E-state index in [0.29, 0.717) is 0 Å². The van der Waals surface area contributed by atoms with Gasteiger partial charge in [-0.2, -0.15) is 0 Å². The van der Waals surface area contributed by atoms with Gasteiger partial charge in [0.05, 0.1) is 10.0 Å². The van der Waals surface area contributed by atoms with E-state index in [0.717, 1.165) is 18.4 Å². The van der Waals surface area contributed by atoms with Gasteiger partial charge in [-0.3, -0.25) is 0 Å². The molecule has 0 aliphatic rings. The van der Waals surface area contributed by atoms with Crippen LogP contribution < -0.4 is 5.73 Å². The summed E-state index contributed by atoms with van der Waals surface area (Å²) in [7, 11) is 0. The number of rotatable bonds is 4. The molecule has 0 aliphatic carbocycles. The number of hydrogen-bond acceptors (Lipinski definition) is 2. The van der Waals surface area contributed by atoms with E-state index in [2.05, 4.69) is 6.58 Å². The molecular weight excluding hydrogens is 268 g/mol. The van der Waals surface area contributed by atoms with Crippen LogP contribution in [-0.2, 0) is 0 Å². The molecule has 1 atom stereocenters. The van der Waals surface area contributed by atoms with Crippen molar-refractivity contribution in [3.05, 3.63) is 40.4 Å². The van der Waals surface area contributed by atoms with E-state index >= 15 is 0 Å². The van der Waals surface area contributed by atoms with E-state index in [1.807, 2.05) is 6.08 Å². The molecule has 0 fully saturated rings. The Labute approximate surface area is 111 Å². The van der Waals surface area contributed by atoms with Gasteiger partial charge in [0.25, 0.3) is 0 Å². The first-order valence-electron chi connectivity index (χ1n) is 4.60. The van der Waals surface area contributed by atoms with Crippen LogP contribution in [0.25, 0.3) is 0 Å². The number of halogens is 3. The summed E-state index contributed by atoms with van der Waals surface area (Å²) in [6.45, 7) is 3.63. The summed E-state index contributed by atoms with van der Waals surface area (Å²) in [6, 6.07) is 3.13. The number of allylic oxidation sites excluding steroid dienone is 1. The number of phenolic OH excluding ortho intramolecular Hbond substituents is 1. The van der Waals surface area contributed by atoms with Gasteiger partial charge >= 0.3 is 0 Å². The smallest absolute Gasteiger partial charge is 0.152 e. The van der Waals surface area contributed by atoms with E-state index in [4.69, 9.17) is 28.9 Å². The largest absolute Gasteiger partial charge is 0.505 e. The summed E-state index contributed by atoms with van der Waals surface area (Å²) in [5, 5.41) is 9.82. The summed E-state index contributed by atoms with van der Waals surface area (Å²) in [6.07, 6.45) is 3.42. The fourth-order valence-corrected chi connectivity index (χ4v) is 1.77. The molecule has 0 saturated carbocycles. The second-order valence-electron chi connectivity index (χ2n) is 3.31. The van der Waals surface area contributed by atoms with Crippen molar-refractivity contribution >= 4 is 35.6 Å². The van der Waals surface area contributed by atoms with E-state index in [1.165, 1.54) is 0 Å². The zero-order chi connectivity index (χ0) is 11.4. The first-order valence-corrected chi connectivity index (χ1v) is 5.36. The topological polar surface area (TPSA) is 46.2 Å². The maximum absolute atomic E-state index is 9.37. The first-order chi connectivity index (χ1) is 7.06. The first kappa shape index (κ1) is 15.6. The van der Waals surface area contributed by atoms with Crippen LogP contribution in [0.4, 0.5) is 0 Å². The lowest BCUT2D eigenvalue weighted by Crippen LogP contribution is -2.09. The van der Waals surface area contributed by atoms with Gasteiger partial charge < -0.3 is 10.8 Å². The minimum Gasteiger partial charge on any atom is -0.505 e. The van der Waals surface area contributed by atoms with Crippen molar-refractivity contribution in [2.45, 2.75) is 18.9 Å². The highest BCUT2D eigenvalue weighted by Crippen LogP contribution is 2.34. The number of aromatic hydroxyl groups is 1. The third kappa shape index (κ3) is 3.87. The molecule has 3 N–H and O–H groups in total. The fourth-order valence-electron chi connectivity index (χ4n) is 1.26. The number of hydrogen-bond donors (Lipinski definition) is 2. The number of phenols is 1. The Morgan fingerprint density at radius 1 is 1.38 bits per heavy atom. The van der Waals surface area contributed by atoms with Gasteiger partial charge in [0.1, 0.15) is 0 Å². The Kier molecular flexibility index (Phi) is 6.84. The summed E-state index contributed by atoms with van der Waals surface area (Å²) in [5.74, 6) is -0.0991. The van der Waals surface area contributed by atoms with Crippen molar-refractivity contribution in [2.75, 3.05) is 0 Å². The Bertz CT molecular complexity index is 345. The van der Waals surface area contributed by atoms with Crippen LogP contribution in [0.3, 0.4) is 0 Å². The molecule has 0 heterocycles. The third-order valence-electron chi connectivity index (χ3n) is 2.15. The summed E-state index contributed by atoms with van der Waals surface area (Å²) >= 11 is 11.6. The molecule has 90 valence electrons. The molecule has 0 saturated heterocycles. The van der Waals surface area contributed by atoms with Crippen molar-refractivity contribution in [1.82, 2.24) is 0 Å². The monoisotopic (exact) mass is 281 g/mol. The molecule has 1 rings (SSSR count). The average molecular weight is 283 g/mol. The van der Waals surface area contributed by atoms with E-state index < -0.39 is 0 Å². The maximum Gasteiger partial charge on any atom is 0.152 e. The molecule has 1 aromatic rings. The van der Waals surface area contributed by atoms with Crippen LogP contribution in [0.1, 0.15) is 24.4 Å². The SMILES string of the molecule is C=CCC[C@H](N)c1cc(Cl)c(O)c(Cl)c1.Cl. The summed E-state index contributed by atoms with van der Waals surface area (Å²) in [5.41, 5.74) is 6.75. The van der Waals surface area contributed by atoms with Crippen molar-refractivity contribution in [1.29, 1.82) is 0 Å². The van der Waals surface area contributed by atoms with Crippen molar-refractivity contribution in [3.8, 4) is 5.75 Å². The molecule has 0 spiro atoms. The lowest BCUT2D eigenvalue weighted by Gasteiger charge is -2.12. The van der Waals surface area contributed by atoms with Gasteiger partial charge in [0.2, 0.25) is 0 Å². The number of nitrogens with two attached hydrogens (primary N) is 1. The Morgan fingerprint density at radius 2 is 1.88 bits per heavy atom. The third-order valence-corrected chi connectivity index (χ3v) is 2.73. The highest BCUT2D eigenvalue weighted by molar-refractivity contribution is 6.37. The molecule has 2 nitrogen and oxygen atoms in total. The lowest BCUT2D eigenvalue weighted by atomic mass is 10.0. The van der Waals surface area contributed by atoms with Crippen molar-refractivity contribution in [2.24, 2.45) is 5.73 Å². The van der Waals surface area contributed by atoms with Crippen LogP contribution in [0.5, 0.6) is 5.75 Å². The van der Waals surface area contributed by atoms with E-state index in [1.54, 1.807) is 12.1 Å². The molecule has 5 heteroatoms. The molecule has 1 aromatic carbocycles. The quantitative estimate of drug-likeness (QED) is 0.817. The maximum atomic E-state index is 9.37. The molecule has 0 bridgehead atoms. The van der Waals surface area contributed by atoms with E-state index in [9.17, 15) is 5.11 Å². The van der Waals surface area contributed by atoms with E-state index in [-0.39, 0.29) is 34.2 Å². The Hall–Kier alpha value is -0.410. The molecule has 0 amide bonds. The van der Waals surface area contributed by atoms with Gasteiger partial charge in [0, 0.05) is 6.04 Å². The van der Waals surface area contributed by atoms with Crippen LogP contribution in [0, 0.1) is 0 Å². The van der Waals surface area contributed by atoms with Crippen LogP contribution in [0.15, 0.2) is 24.8 Å². The second kappa shape index (κ2) is 7.02. The van der Waals surface area contributed by atoms with Crippen LogP contribution >= 0.6 is 35.6 Å². The second-order valence-corrected chi connectivity index (χ2v) is 4.12. The normalized spacial score (nSPS) is 11.7. The Balaban J connectivity index is 0.00000225. The zero-order valence-electron chi connectivity index (χ0n) is 8.62. The predicted octanol–water partition coefficient (Wildman–Crippen LogP) is 4.09. The van der Waals surface area contributed by atoms with Crippen LogP contribution in [0.2, 0.25) is 10.0 Å². The highest BCUT2D eigenvalue weighted by atomic mass is 35.5. The lowest BCUT2D eigenvalue weighted by molar-refractivity contribution is 0.475. The fraction of sp³-hybridized carbons (Fsp3) is 0.273. The molecule has 0 aliphatic heterocycles. The van der Waals surface area contributed by atoms with Gasteiger partial charge in [-0.1, -0.05) is 29.3 Å². The zero-order valence-corrected chi connectivity index (χ0v) is 10.9. The van der Waals surface area contributed by atoms with Gasteiger partial charge in [-0.25, -0.2) is 0 Å². The molecule has 0 aromatic heterocycles. The Morgan fingerprint density at radius 3 is 2.31 bits per heavy atom. The predicted molar refractivity (Wildman–Crippen MR) is 71.7 cm³/mol. The van der Waals surface area contributed by atoms with Crippen LogP contribution in [-0.4, -0.2) is 5.11 Å². The summed E-state index contributed by atoms with van der Waals surface area (Å²) < 4.78 is 0. The summed E-state index contributed by atoms with van der Waals surface area (Å²) in [4.78, 5) is 0. The van der Waals surface area contributed by atoms with Crippen molar-refractivity contribution < 1.29 is 5.11 Å². The minimum atomic E-state index is -0.140. The highest BCUT2D eigenvalue weighted by Gasteiger charge is 2.11. The van der Waals surface area contributed by atoms with Gasteiger partial charge in [-0.15, -0.1) is 19.0 Å². The molecule has 0 radical (unpaired) electrons. The average Bonchev–Trinajstić information content (AvgIpc) is 2.21. The van der Waals surface area contributed by atoms with Gasteiger partial charge in [0.15, 0.2) is 5.75 Å². The number of benzene rings is 1. The molecular formula is C11H14Cl3NO. The van der Waals surface area contributed by atoms with Crippen molar-refractivity contribution in [3.63, 3.8) is 0 Å². The molecule has 0 unspecified atom stereocenters. The minimum absolute atomic E-state index is 0. The van der Waals surface area contributed by atoms with Gasteiger partial charge in [-0.05, 0) is 30.5 Å². The molecule has 16 heavy (non-hydrogen) atoms. The standard InChI is InChI=1S/C11H13Cl2NO.ClH/c1-2-3-4-10(14)7-5-8(12)11(15)9(13)6-7;/h2,5-6,10,15H,1,3-4,14H2;1H/t10-;/m0./s1.